The van der Waals surface area contributed by atoms with Crippen molar-refractivity contribution in [1.29, 1.82) is 5.26 Å². The third-order valence-corrected chi connectivity index (χ3v) is 6.35. The lowest BCUT2D eigenvalue weighted by atomic mass is 9.78. The minimum atomic E-state index is -1.23. The molecule has 1 N–H and O–H groups in total. The minimum absolute atomic E-state index is 0.0683. The Kier molecular flexibility index (Phi) is 7.53. The number of ether oxygens (including phenoxy) is 4. The van der Waals surface area contributed by atoms with Crippen LogP contribution in [-0.2, 0) is 37.0 Å². The summed E-state index contributed by atoms with van der Waals surface area (Å²) in [4.78, 5) is 13.4. The van der Waals surface area contributed by atoms with Crippen LogP contribution in [0.1, 0.15) is 50.3 Å². The van der Waals surface area contributed by atoms with Gasteiger partial charge in [-0.3, -0.25) is 4.79 Å². The normalized spacial score (nSPS) is 27.1. The molecule has 1 amide bonds. The molecule has 1 unspecified atom stereocenters. The van der Waals surface area contributed by atoms with Gasteiger partial charge in [-0.05, 0) is 56.2 Å². The van der Waals surface area contributed by atoms with Crippen molar-refractivity contribution in [2.45, 2.75) is 76.5 Å². The van der Waals surface area contributed by atoms with Crippen molar-refractivity contribution in [2.24, 2.45) is 0 Å². The van der Waals surface area contributed by atoms with Crippen LogP contribution >= 0.6 is 0 Å². The standard InChI is InChI=1S/C27H31FN2O5/c1-4-30-25(31)27(33-17-20-6-5-7-21(28)12-20)13-22(24-23(14-27)34-26(2,3)35-24)32-16-19-10-8-18(15-29)9-11-19/h5-12,22-24H,4,13-14,16-17H2,1-3H3,(H,30,31)/t22?,23-,24+,27-/m1/s1. The van der Waals surface area contributed by atoms with Crippen LogP contribution in [-0.4, -0.2) is 42.2 Å². The second-order valence-corrected chi connectivity index (χ2v) is 9.48. The summed E-state index contributed by atoms with van der Waals surface area (Å²) in [6.07, 6.45) is -0.728. The van der Waals surface area contributed by atoms with Crippen LogP contribution in [0, 0.1) is 17.1 Å². The van der Waals surface area contributed by atoms with E-state index in [1.54, 1.807) is 24.3 Å². The lowest BCUT2D eigenvalue weighted by Gasteiger charge is -2.43. The highest BCUT2D eigenvalue weighted by atomic mass is 19.1. The maximum Gasteiger partial charge on any atom is 0.252 e. The minimum Gasteiger partial charge on any atom is -0.371 e. The average molecular weight is 483 g/mol. The van der Waals surface area contributed by atoms with Crippen molar-refractivity contribution in [3.63, 3.8) is 0 Å². The van der Waals surface area contributed by atoms with Gasteiger partial charge in [0.1, 0.15) is 11.9 Å². The van der Waals surface area contributed by atoms with E-state index >= 15 is 0 Å². The van der Waals surface area contributed by atoms with E-state index in [4.69, 9.17) is 24.2 Å². The van der Waals surface area contributed by atoms with E-state index < -0.39 is 23.6 Å². The molecule has 4 rings (SSSR count). The molecule has 1 aliphatic heterocycles. The van der Waals surface area contributed by atoms with Crippen LogP contribution in [0.5, 0.6) is 0 Å². The number of nitriles is 1. The Hall–Kier alpha value is -2.83. The Bertz CT molecular complexity index is 1080. The van der Waals surface area contributed by atoms with Gasteiger partial charge in [0.15, 0.2) is 11.4 Å². The first-order chi connectivity index (χ1) is 16.7. The lowest BCUT2D eigenvalue weighted by molar-refractivity contribution is -0.183. The van der Waals surface area contributed by atoms with Crippen LogP contribution in [0.15, 0.2) is 48.5 Å². The smallest absolute Gasteiger partial charge is 0.252 e. The summed E-state index contributed by atoms with van der Waals surface area (Å²) in [6.45, 7) is 6.31. The van der Waals surface area contributed by atoms with Crippen molar-refractivity contribution in [2.75, 3.05) is 6.54 Å². The molecule has 186 valence electrons. The lowest BCUT2D eigenvalue weighted by Crippen LogP contribution is -2.60. The number of carbonyl (C=O) groups excluding carboxylic acids is 1. The molecule has 1 saturated heterocycles. The number of hydrogen-bond acceptors (Lipinski definition) is 6. The third kappa shape index (κ3) is 5.88. The van der Waals surface area contributed by atoms with Gasteiger partial charge in [0, 0.05) is 19.4 Å². The van der Waals surface area contributed by atoms with E-state index in [1.165, 1.54) is 12.1 Å². The molecule has 0 radical (unpaired) electrons. The summed E-state index contributed by atoms with van der Waals surface area (Å²) in [5.41, 5.74) is 0.868. The highest BCUT2D eigenvalue weighted by Crippen LogP contribution is 2.44. The summed E-state index contributed by atoms with van der Waals surface area (Å²) < 4.78 is 38.6. The quantitative estimate of drug-likeness (QED) is 0.612. The molecule has 0 bridgehead atoms. The molecule has 7 nitrogen and oxygen atoms in total. The van der Waals surface area contributed by atoms with E-state index in [9.17, 15) is 9.18 Å². The molecular weight excluding hydrogens is 451 g/mol. The Morgan fingerprint density at radius 2 is 1.91 bits per heavy atom. The first-order valence-corrected chi connectivity index (χ1v) is 11.9. The zero-order chi connectivity index (χ0) is 25.1. The first-order valence-electron chi connectivity index (χ1n) is 11.9. The number of amides is 1. The third-order valence-electron chi connectivity index (χ3n) is 6.35. The Morgan fingerprint density at radius 3 is 2.60 bits per heavy atom. The highest BCUT2D eigenvalue weighted by molar-refractivity contribution is 5.85. The maximum atomic E-state index is 13.7. The number of nitrogens with zero attached hydrogens (tertiary/aromatic N) is 1. The number of carbonyl (C=O) groups is 1. The number of hydrogen-bond donors (Lipinski definition) is 1. The van der Waals surface area contributed by atoms with Gasteiger partial charge >= 0.3 is 0 Å². The van der Waals surface area contributed by atoms with Crippen molar-refractivity contribution in [1.82, 2.24) is 5.32 Å². The molecule has 2 aromatic rings. The van der Waals surface area contributed by atoms with Gasteiger partial charge in [-0.2, -0.15) is 5.26 Å². The van der Waals surface area contributed by atoms with E-state index in [0.717, 1.165) is 5.56 Å². The van der Waals surface area contributed by atoms with Gasteiger partial charge < -0.3 is 24.3 Å². The molecule has 2 aromatic carbocycles. The largest absolute Gasteiger partial charge is 0.371 e. The summed E-state index contributed by atoms with van der Waals surface area (Å²) in [7, 11) is 0. The predicted molar refractivity (Wildman–Crippen MR) is 125 cm³/mol. The van der Waals surface area contributed by atoms with Crippen molar-refractivity contribution in [3.8, 4) is 6.07 Å². The first kappa shape index (κ1) is 25.3. The zero-order valence-electron chi connectivity index (χ0n) is 20.3. The predicted octanol–water partition coefficient (Wildman–Crippen LogP) is 3.99. The fourth-order valence-corrected chi connectivity index (χ4v) is 4.76. The second-order valence-electron chi connectivity index (χ2n) is 9.48. The second kappa shape index (κ2) is 10.4. The summed E-state index contributed by atoms with van der Waals surface area (Å²) >= 11 is 0. The van der Waals surface area contributed by atoms with Crippen LogP contribution < -0.4 is 5.32 Å². The van der Waals surface area contributed by atoms with E-state index in [-0.39, 0.29) is 37.5 Å². The van der Waals surface area contributed by atoms with Gasteiger partial charge in [-0.15, -0.1) is 0 Å². The highest BCUT2D eigenvalue weighted by Gasteiger charge is 2.57. The van der Waals surface area contributed by atoms with E-state index in [1.807, 2.05) is 32.9 Å². The van der Waals surface area contributed by atoms with Crippen molar-refractivity contribution in [3.05, 3.63) is 71.0 Å². The fourth-order valence-electron chi connectivity index (χ4n) is 4.76. The van der Waals surface area contributed by atoms with Crippen LogP contribution in [0.25, 0.3) is 0 Å². The fraction of sp³-hybridized carbons (Fsp3) is 0.481. The number of nitrogens with one attached hydrogen (secondary N) is 1. The zero-order valence-corrected chi connectivity index (χ0v) is 20.3. The van der Waals surface area contributed by atoms with Crippen LogP contribution in [0.2, 0.25) is 0 Å². The van der Waals surface area contributed by atoms with Gasteiger partial charge in [-0.25, -0.2) is 4.39 Å². The number of fused-ring (bicyclic) bond motifs is 1. The Morgan fingerprint density at radius 1 is 1.14 bits per heavy atom. The average Bonchev–Trinajstić information content (AvgIpc) is 3.15. The number of rotatable bonds is 8. The Balaban J connectivity index is 1.58. The topological polar surface area (TPSA) is 89.8 Å². The number of likely N-dealkylation sites (N-methyl/N-ethyl adjacent to an activating group) is 1. The van der Waals surface area contributed by atoms with E-state index in [0.29, 0.717) is 24.1 Å². The van der Waals surface area contributed by atoms with Crippen LogP contribution in [0.3, 0.4) is 0 Å². The van der Waals surface area contributed by atoms with E-state index in [2.05, 4.69) is 11.4 Å². The summed E-state index contributed by atoms with van der Waals surface area (Å²) in [5.74, 6) is -1.44. The van der Waals surface area contributed by atoms with Crippen molar-refractivity contribution >= 4 is 5.91 Å². The molecule has 4 atom stereocenters. The molecule has 8 heteroatoms. The van der Waals surface area contributed by atoms with Crippen molar-refractivity contribution < 1.29 is 28.1 Å². The van der Waals surface area contributed by atoms with Gasteiger partial charge in [0.05, 0.1) is 37.1 Å². The monoisotopic (exact) mass is 482 g/mol. The molecule has 2 fully saturated rings. The SMILES string of the molecule is CCNC(=O)[C@@]1(OCc2cccc(F)c2)CC(OCc2ccc(C#N)cc2)[C@@H]2OC(C)(C)O[C@@H]2C1. The molecule has 0 aromatic heterocycles. The summed E-state index contributed by atoms with van der Waals surface area (Å²) in [5, 5.41) is 11.9. The van der Waals surface area contributed by atoms with Gasteiger partial charge in [-0.1, -0.05) is 24.3 Å². The Labute approximate surface area is 205 Å². The van der Waals surface area contributed by atoms with Gasteiger partial charge in [0.2, 0.25) is 0 Å². The van der Waals surface area contributed by atoms with Crippen LogP contribution in [0.4, 0.5) is 4.39 Å². The molecular formula is C27H31FN2O5. The molecule has 1 aliphatic carbocycles. The van der Waals surface area contributed by atoms with Gasteiger partial charge in [0.25, 0.3) is 5.91 Å². The molecule has 35 heavy (non-hydrogen) atoms. The molecule has 1 heterocycles. The summed E-state index contributed by atoms with van der Waals surface area (Å²) in [6, 6.07) is 15.4. The number of benzene rings is 2. The molecule has 2 aliphatic rings. The maximum absolute atomic E-state index is 13.7. The number of halogens is 1. The molecule has 0 spiro atoms. The molecule has 1 saturated carbocycles.